The summed E-state index contributed by atoms with van der Waals surface area (Å²) in [6.07, 6.45) is 1.76. The van der Waals surface area contributed by atoms with E-state index in [4.69, 9.17) is 0 Å². The first-order chi connectivity index (χ1) is 5.00. The fraction of sp³-hybridized carbons (Fsp3) is 0.444. The predicted octanol–water partition coefficient (Wildman–Crippen LogP) is 1.62. The van der Waals surface area contributed by atoms with Crippen LogP contribution in [0.15, 0.2) is 18.3 Å². The van der Waals surface area contributed by atoms with Crippen LogP contribution in [0.25, 0.3) is 0 Å². The highest BCUT2D eigenvalue weighted by Crippen LogP contribution is 2.16. The van der Waals surface area contributed by atoms with Gasteiger partial charge in [-0.3, -0.25) is 4.98 Å². The Morgan fingerprint density at radius 2 is 2.00 bits per heavy atom. The van der Waals surface area contributed by atoms with E-state index in [-0.39, 0.29) is 0 Å². The van der Waals surface area contributed by atoms with Crippen LogP contribution in [0.1, 0.15) is 25.1 Å². The fourth-order valence-electron chi connectivity index (χ4n) is 0.830. The molecule has 1 aromatic rings. The van der Waals surface area contributed by atoms with Crippen molar-refractivity contribution in [2.75, 3.05) is 0 Å². The number of pyridine rings is 1. The monoisotopic (exact) mass is 151 g/mol. The van der Waals surface area contributed by atoms with Crippen molar-refractivity contribution < 1.29 is 5.11 Å². The van der Waals surface area contributed by atoms with Gasteiger partial charge in [-0.05, 0) is 32.4 Å². The number of aliphatic hydroxyl groups is 1. The molecule has 0 aromatic carbocycles. The average Bonchev–Trinajstić information content (AvgIpc) is 1.86. The van der Waals surface area contributed by atoms with Crippen LogP contribution >= 0.6 is 0 Å². The Kier molecular flexibility index (Phi) is 1.96. The summed E-state index contributed by atoms with van der Waals surface area (Å²) in [4.78, 5) is 4.10. The second-order valence-corrected chi connectivity index (χ2v) is 3.28. The van der Waals surface area contributed by atoms with Gasteiger partial charge in [0, 0.05) is 6.20 Å². The van der Waals surface area contributed by atoms with Crippen LogP contribution in [0, 0.1) is 6.92 Å². The summed E-state index contributed by atoms with van der Waals surface area (Å²) in [5.41, 5.74) is 0.995. The Morgan fingerprint density at radius 1 is 1.36 bits per heavy atom. The van der Waals surface area contributed by atoms with E-state index < -0.39 is 5.60 Å². The maximum absolute atomic E-state index is 9.52. The quantitative estimate of drug-likeness (QED) is 0.661. The summed E-state index contributed by atoms with van der Waals surface area (Å²) in [5.74, 6) is 0. The summed E-state index contributed by atoms with van der Waals surface area (Å²) in [7, 11) is 0. The third-order valence-electron chi connectivity index (χ3n) is 1.54. The van der Waals surface area contributed by atoms with Gasteiger partial charge >= 0.3 is 0 Å². The largest absolute Gasteiger partial charge is 0.384 e. The first kappa shape index (κ1) is 8.21. The Morgan fingerprint density at radius 3 is 2.36 bits per heavy atom. The molecule has 0 radical (unpaired) electrons. The molecule has 60 valence electrons. The van der Waals surface area contributed by atoms with E-state index >= 15 is 0 Å². The summed E-state index contributed by atoms with van der Waals surface area (Å²) in [6.45, 7) is 5.43. The van der Waals surface area contributed by atoms with Gasteiger partial charge in [-0.15, -0.1) is 0 Å². The van der Waals surface area contributed by atoms with Crippen LogP contribution in [0.5, 0.6) is 0 Å². The van der Waals surface area contributed by atoms with Gasteiger partial charge in [0.25, 0.3) is 0 Å². The Balaban J connectivity index is 2.99. The zero-order chi connectivity index (χ0) is 8.48. The van der Waals surface area contributed by atoms with Gasteiger partial charge in [-0.25, -0.2) is 0 Å². The van der Waals surface area contributed by atoms with E-state index in [0.717, 1.165) is 5.56 Å². The Bertz CT molecular complexity index is 233. The molecule has 0 saturated carbocycles. The topological polar surface area (TPSA) is 33.1 Å². The van der Waals surface area contributed by atoms with E-state index in [9.17, 15) is 5.11 Å². The molecule has 0 amide bonds. The van der Waals surface area contributed by atoms with Crippen LogP contribution in [0.2, 0.25) is 0 Å². The highest BCUT2D eigenvalue weighted by molar-refractivity contribution is 5.16. The van der Waals surface area contributed by atoms with Crippen LogP contribution in [-0.4, -0.2) is 10.1 Å². The van der Waals surface area contributed by atoms with Gasteiger partial charge in [0.1, 0.15) is 5.60 Å². The molecule has 1 heterocycles. The molecule has 0 aliphatic rings. The molecule has 1 aromatic heterocycles. The predicted molar refractivity (Wildman–Crippen MR) is 44.2 cm³/mol. The molecule has 0 atom stereocenters. The van der Waals surface area contributed by atoms with Gasteiger partial charge in [-0.1, -0.05) is 6.07 Å². The van der Waals surface area contributed by atoms with Crippen molar-refractivity contribution in [2.45, 2.75) is 26.4 Å². The van der Waals surface area contributed by atoms with Crippen molar-refractivity contribution in [1.82, 2.24) is 4.98 Å². The highest BCUT2D eigenvalue weighted by Gasteiger charge is 2.16. The van der Waals surface area contributed by atoms with Gasteiger partial charge in [0.2, 0.25) is 0 Å². The summed E-state index contributed by atoms with van der Waals surface area (Å²) >= 11 is 0. The van der Waals surface area contributed by atoms with E-state index in [1.807, 2.05) is 19.1 Å². The molecule has 0 aliphatic carbocycles. The van der Waals surface area contributed by atoms with Crippen LogP contribution < -0.4 is 0 Å². The Hall–Kier alpha value is -0.890. The normalized spacial score (nSPS) is 11.6. The third kappa shape index (κ3) is 2.02. The molecule has 1 rings (SSSR count). The minimum Gasteiger partial charge on any atom is -0.384 e. The standard InChI is InChI=1S/C9H13NO/c1-7-4-5-8(10-6-7)9(2,3)11/h4-6,11H,1-3H3. The zero-order valence-corrected chi connectivity index (χ0v) is 7.13. The SMILES string of the molecule is Cc1ccc(C(C)(C)O)nc1. The van der Waals surface area contributed by atoms with E-state index in [0.29, 0.717) is 5.69 Å². The minimum atomic E-state index is -0.826. The molecule has 1 N–H and O–H groups in total. The van der Waals surface area contributed by atoms with Gasteiger partial charge in [-0.2, -0.15) is 0 Å². The fourth-order valence-corrected chi connectivity index (χ4v) is 0.830. The van der Waals surface area contributed by atoms with E-state index in [1.54, 1.807) is 20.0 Å². The lowest BCUT2D eigenvalue weighted by atomic mass is 10.0. The van der Waals surface area contributed by atoms with Crippen molar-refractivity contribution >= 4 is 0 Å². The number of hydrogen-bond donors (Lipinski definition) is 1. The molecule has 0 fully saturated rings. The Labute approximate surface area is 66.9 Å². The lowest BCUT2D eigenvalue weighted by molar-refractivity contribution is 0.0738. The molecule has 0 spiro atoms. The smallest absolute Gasteiger partial charge is 0.101 e. The lowest BCUT2D eigenvalue weighted by Gasteiger charge is -2.15. The number of nitrogens with zero attached hydrogens (tertiary/aromatic N) is 1. The van der Waals surface area contributed by atoms with Crippen molar-refractivity contribution in [3.63, 3.8) is 0 Å². The van der Waals surface area contributed by atoms with Crippen LogP contribution in [0.4, 0.5) is 0 Å². The van der Waals surface area contributed by atoms with Gasteiger partial charge in [0.05, 0.1) is 5.69 Å². The van der Waals surface area contributed by atoms with E-state index in [2.05, 4.69) is 4.98 Å². The van der Waals surface area contributed by atoms with Crippen LogP contribution in [-0.2, 0) is 5.60 Å². The second-order valence-electron chi connectivity index (χ2n) is 3.28. The van der Waals surface area contributed by atoms with Crippen molar-refractivity contribution in [2.24, 2.45) is 0 Å². The maximum atomic E-state index is 9.52. The molecule has 2 nitrogen and oxygen atoms in total. The number of hydrogen-bond acceptors (Lipinski definition) is 2. The highest BCUT2D eigenvalue weighted by atomic mass is 16.3. The summed E-state index contributed by atoms with van der Waals surface area (Å²) in [5, 5.41) is 9.52. The second kappa shape index (κ2) is 2.62. The van der Waals surface area contributed by atoms with Crippen molar-refractivity contribution in [1.29, 1.82) is 0 Å². The molecule has 11 heavy (non-hydrogen) atoms. The molecular weight excluding hydrogens is 138 g/mol. The average molecular weight is 151 g/mol. The van der Waals surface area contributed by atoms with E-state index in [1.165, 1.54) is 0 Å². The van der Waals surface area contributed by atoms with Crippen LogP contribution in [0.3, 0.4) is 0 Å². The molecule has 2 heteroatoms. The van der Waals surface area contributed by atoms with Crippen molar-refractivity contribution in [3.8, 4) is 0 Å². The molecule has 0 saturated heterocycles. The zero-order valence-electron chi connectivity index (χ0n) is 7.13. The minimum absolute atomic E-state index is 0.711. The molecule has 0 unspecified atom stereocenters. The van der Waals surface area contributed by atoms with Gasteiger partial charge < -0.3 is 5.11 Å². The maximum Gasteiger partial charge on any atom is 0.101 e. The first-order valence-corrected chi connectivity index (χ1v) is 3.65. The molecular formula is C9H13NO. The summed E-state index contributed by atoms with van der Waals surface area (Å²) in [6, 6.07) is 3.79. The number of aryl methyl sites for hydroxylation is 1. The lowest BCUT2D eigenvalue weighted by Crippen LogP contribution is -2.17. The number of rotatable bonds is 1. The third-order valence-corrected chi connectivity index (χ3v) is 1.54. The molecule has 0 bridgehead atoms. The first-order valence-electron chi connectivity index (χ1n) is 3.65. The molecule has 0 aliphatic heterocycles. The summed E-state index contributed by atoms with van der Waals surface area (Å²) < 4.78 is 0. The van der Waals surface area contributed by atoms with Gasteiger partial charge in [0.15, 0.2) is 0 Å². The van der Waals surface area contributed by atoms with Crippen molar-refractivity contribution in [3.05, 3.63) is 29.6 Å². The number of aromatic nitrogens is 1.